The quantitative estimate of drug-likeness (QED) is 0.661. The van der Waals surface area contributed by atoms with Crippen molar-refractivity contribution >= 4 is 29.0 Å². The van der Waals surface area contributed by atoms with Gasteiger partial charge in [0.25, 0.3) is 0 Å². The summed E-state index contributed by atoms with van der Waals surface area (Å²) in [5.41, 5.74) is 7.53. The molecule has 1 unspecified atom stereocenters. The van der Waals surface area contributed by atoms with E-state index in [0.29, 0.717) is 6.54 Å². The number of rotatable bonds is 7. The summed E-state index contributed by atoms with van der Waals surface area (Å²) in [5.74, 6) is -0.125. The molecular weight excluding hydrogens is 374 g/mol. The minimum absolute atomic E-state index is 0.125. The molecule has 1 fully saturated rings. The van der Waals surface area contributed by atoms with Gasteiger partial charge in [0.15, 0.2) is 0 Å². The molecule has 1 aromatic heterocycles. The van der Waals surface area contributed by atoms with Crippen molar-refractivity contribution in [2.75, 3.05) is 38.1 Å². The Morgan fingerprint density at radius 1 is 1.14 bits per heavy atom. The van der Waals surface area contributed by atoms with Crippen molar-refractivity contribution in [3.63, 3.8) is 0 Å². The van der Waals surface area contributed by atoms with E-state index in [2.05, 4.69) is 33.5 Å². The predicted molar refractivity (Wildman–Crippen MR) is 112 cm³/mol. The Hall–Kier alpha value is -2.58. The molecule has 1 aromatic carbocycles. The highest BCUT2D eigenvalue weighted by atomic mass is 32.1. The molecule has 4 N–H and O–H groups in total. The summed E-state index contributed by atoms with van der Waals surface area (Å²) >= 11 is 1.49. The summed E-state index contributed by atoms with van der Waals surface area (Å²) in [6.45, 7) is 4.47. The molecule has 0 saturated carbocycles. The number of amides is 3. The van der Waals surface area contributed by atoms with Crippen molar-refractivity contribution in [3.05, 3.63) is 52.2 Å². The van der Waals surface area contributed by atoms with Crippen LogP contribution in [0.5, 0.6) is 0 Å². The van der Waals surface area contributed by atoms with Crippen LogP contribution in [0.15, 0.2) is 41.8 Å². The molecule has 2 heterocycles. The van der Waals surface area contributed by atoms with Gasteiger partial charge in [-0.2, -0.15) is 0 Å². The van der Waals surface area contributed by atoms with Crippen LogP contribution in [-0.2, 0) is 11.3 Å². The molecule has 0 spiro atoms. The van der Waals surface area contributed by atoms with Gasteiger partial charge in [-0.05, 0) is 30.1 Å². The van der Waals surface area contributed by atoms with Gasteiger partial charge in [-0.25, -0.2) is 4.79 Å². The summed E-state index contributed by atoms with van der Waals surface area (Å²) in [5, 5.41) is 7.56. The normalized spacial score (nSPS) is 15.8. The van der Waals surface area contributed by atoms with E-state index < -0.39 is 12.1 Å². The fourth-order valence-corrected chi connectivity index (χ4v) is 4.13. The Labute approximate surface area is 169 Å². The average Bonchev–Trinajstić information content (AvgIpc) is 3.21. The van der Waals surface area contributed by atoms with Crippen LogP contribution in [0.1, 0.15) is 22.9 Å². The van der Waals surface area contributed by atoms with Crippen molar-refractivity contribution < 1.29 is 9.59 Å². The van der Waals surface area contributed by atoms with Crippen molar-refractivity contribution in [1.29, 1.82) is 0 Å². The first-order valence-electron chi connectivity index (χ1n) is 9.40. The SMILES string of the molecule is CN1CCN(c2ccccc2CNC(=O)CC(NC(N)=O)c2cccs2)CC1. The molecular formula is C20H27N5O2S. The number of hydrogen-bond acceptors (Lipinski definition) is 5. The highest BCUT2D eigenvalue weighted by Gasteiger charge is 2.20. The summed E-state index contributed by atoms with van der Waals surface area (Å²) < 4.78 is 0. The molecule has 3 rings (SSSR count). The lowest BCUT2D eigenvalue weighted by Crippen LogP contribution is -2.45. The number of anilines is 1. The fraction of sp³-hybridized carbons (Fsp3) is 0.400. The summed E-state index contributed by atoms with van der Waals surface area (Å²) in [4.78, 5) is 29.4. The Bertz CT molecular complexity index is 788. The molecule has 1 aliphatic rings. The zero-order valence-corrected chi connectivity index (χ0v) is 16.9. The lowest BCUT2D eigenvalue weighted by molar-refractivity contribution is -0.121. The number of nitrogens with zero attached hydrogens (tertiary/aromatic N) is 2. The number of nitrogens with one attached hydrogen (secondary N) is 2. The zero-order valence-electron chi connectivity index (χ0n) is 16.1. The highest BCUT2D eigenvalue weighted by molar-refractivity contribution is 7.10. The van der Waals surface area contributed by atoms with Crippen molar-refractivity contribution in [2.45, 2.75) is 19.0 Å². The number of urea groups is 1. The third-order valence-corrected chi connectivity index (χ3v) is 5.89. The number of thiophene rings is 1. The number of primary amides is 1. The zero-order chi connectivity index (χ0) is 19.9. The van der Waals surface area contributed by atoms with E-state index in [1.807, 2.05) is 35.7 Å². The second-order valence-electron chi connectivity index (χ2n) is 6.98. The van der Waals surface area contributed by atoms with Gasteiger partial charge >= 0.3 is 6.03 Å². The molecule has 7 nitrogen and oxygen atoms in total. The van der Waals surface area contributed by atoms with Gasteiger partial charge in [-0.15, -0.1) is 11.3 Å². The standard InChI is InChI=1S/C20H27N5O2S/c1-24-8-10-25(11-9-24)17-6-3-2-5-15(17)14-22-19(26)13-16(23-20(21)27)18-7-4-12-28-18/h2-7,12,16H,8-11,13-14H2,1H3,(H,22,26)(H3,21,23,27). The van der Waals surface area contributed by atoms with Gasteiger partial charge in [0.2, 0.25) is 5.91 Å². The topological polar surface area (TPSA) is 90.7 Å². The molecule has 1 aliphatic heterocycles. The highest BCUT2D eigenvalue weighted by Crippen LogP contribution is 2.23. The van der Waals surface area contributed by atoms with E-state index in [-0.39, 0.29) is 12.3 Å². The van der Waals surface area contributed by atoms with E-state index in [1.165, 1.54) is 17.0 Å². The second-order valence-corrected chi connectivity index (χ2v) is 7.96. The van der Waals surface area contributed by atoms with E-state index in [0.717, 1.165) is 36.6 Å². The monoisotopic (exact) mass is 401 g/mol. The Kier molecular flexibility index (Phi) is 6.89. The van der Waals surface area contributed by atoms with E-state index in [9.17, 15) is 9.59 Å². The molecule has 0 aliphatic carbocycles. The third-order valence-electron chi connectivity index (χ3n) is 4.90. The lowest BCUT2D eigenvalue weighted by atomic mass is 10.1. The third kappa shape index (κ3) is 5.46. The van der Waals surface area contributed by atoms with Crippen LogP contribution >= 0.6 is 11.3 Å². The molecule has 0 bridgehead atoms. The molecule has 2 aromatic rings. The number of hydrogen-bond donors (Lipinski definition) is 3. The van der Waals surface area contributed by atoms with Gasteiger partial charge < -0.3 is 26.2 Å². The Morgan fingerprint density at radius 2 is 1.89 bits per heavy atom. The minimum atomic E-state index is -0.633. The first-order valence-corrected chi connectivity index (χ1v) is 10.3. The number of nitrogens with two attached hydrogens (primary N) is 1. The van der Waals surface area contributed by atoms with Gasteiger partial charge in [-0.3, -0.25) is 4.79 Å². The summed E-state index contributed by atoms with van der Waals surface area (Å²) in [7, 11) is 2.13. The van der Waals surface area contributed by atoms with Gasteiger partial charge in [0, 0.05) is 43.3 Å². The van der Waals surface area contributed by atoms with E-state index in [4.69, 9.17) is 5.73 Å². The maximum absolute atomic E-state index is 12.5. The molecule has 1 atom stereocenters. The van der Waals surface area contributed by atoms with Crippen LogP contribution < -0.4 is 21.3 Å². The minimum Gasteiger partial charge on any atom is -0.369 e. The number of benzene rings is 1. The largest absolute Gasteiger partial charge is 0.369 e. The number of para-hydroxylation sites is 1. The second kappa shape index (κ2) is 9.57. The number of carbonyl (C=O) groups excluding carboxylic acids is 2. The summed E-state index contributed by atoms with van der Waals surface area (Å²) in [6.07, 6.45) is 0.153. The molecule has 28 heavy (non-hydrogen) atoms. The molecule has 0 radical (unpaired) electrons. The van der Waals surface area contributed by atoms with Crippen LogP contribution in [0.4, 0.5) is 10.5 Å². The maximum Gasteiger partial charge on any atom is 0.312 e. The average molecular weight is 402 g/mol. The summed E-state index contributed by atoms with van der Waals surface area (Å²) in [6, 6.07) is 10.9. The first kappa shape index (κ1) is 20.2. The van der Waals surface area contributed by atoms with Crippen LogP contribution in [0, 0.1) is 0 Å². The molecule has 150 valence electrons. The van der Waals surface area contributed by atoms with E-state index >= 15 is 0 Å². The van der Waals surface area contributed by atoms with Gasteiger partial charge in [0.1, 0.15) is 0 Å². The van der Waals surface area contributed by atoms with Crippen LogP contribution in [0.2, 0.25) is 0 Å². The van der Waals surface area contributed by atoms with Crippen LogP contribution in [0.25, 0.3) is 0 Å². The fourth-order valence-electron chi connectivity index (χ4n) is 3.35. The number of carbonyl (C=O) groups is 2. The maximum atomic E-state index is 12.5. The van der Waals surface area contributed by atoms with Crippen molar-refractivity contribution in [3.8, 4) is 0 Å². The smallest absolute Gasteiger partial charge is 0.312 e. The predicted octanol–water partition coefficient (Wildman–Crippen LogP) is 1.92. The van der Waals surface area contributed by atoms with Crippen molar-refractivity contribution in [2.24, 2.45) is 5.73 Å². The Balaban J connectivity index is 1.60. The number of piperazine rings is 1. The number of likely N-dealkylation sites (N-methyl/N-ethyl adjacent to an activating group) is 1. The first-order chi connectivity index (χ1) is 13.5. The van der Waals surface area contributed by atoms with Crippen LogP contribution in [0.3, 0.4) is 0 Å². The molecule has 8 heteroatoms. The van der Waals surface area contributed by atoms with Gasteiger partial charge in [0.05, 0.1) is 12.5 Å². The Morgan fingerprint density at radius 3 is 2.57 bits per heavy atom. The molecule has 1 saturated heterocycles. The molecule has 3 amide bonds. The lowest BCUT2D eigenvalue weighted by Gasteiger charge is -2.35. The van der Waals surface area contributed by atoms with Crippen molar-refractivity contribution in [1.82, 2.24) is 15.5 Å². The van der Waals surface area contributed by atoms with E-state index in [1.54, 1.807) is 0 Å². The van der Waals surface area contributed by atoms with Gasteiger partial charge in [-0.1, -0.05) is 24.3 Å². The van der Waals surface area contributed by atoms with Crippen LogP contribution in [-0.4, -0.2) is 50.1 Å².